The normalized spacial score (nSPS) is 15.0. The van der Waals surface area contributed by atoms with Crippen LogP contribution < -0.4 is 0 Å². The maximum absolute atomic E-state index is 13.0. The molecule has 0 spiro atoms. The van der Waals surface area contributed by atoms with Crippen LogP contribution in [0.3, 0.4) is 0 Å². The van der Waals surface area contributed by atoms with E-state index < -0.39 is 97.5 Å². The number of aliphatic hydroxyl groups excluding tert-OH is 1. The minimum absolute atomic E-state index is 0.103. The molecule has 0 rings (SSSR count). The van der Waals surface area contributed by atoms with Crippen LogP contribution >= 0.6 is 15.6 Å². The fourth-order valence-electron chi connectivity index (χ4n) is 10.1. The first-order valence-electron chi connectivity index (χ1n) is 35.3. The van der Waals surface area contributed by atoms with E-state index >= 15 is 0 Å². The van der Waals surface area contributed by atoms with Crippen molar-refractivity contribution in [3.63, 3.8) is 0 Å². The third kappa shape index (κ3) is 60.1. The number of carbonyl (C=O) groups excluding carboxylic acids is 4. The predicted octanol–water partition coefficient (Wildman–Crippen LogP) is 18.9. The monoisotopic (exact) mass is 1280 g/mol. The van der Waals surface area contributed by atoms with Crippen LogP contribution in [0.15, 0.2) is 0 Å². The van der Waals surface area contributed by atoms with Crippen LogP contribution in [0.4, 0.5) is 0 Å². The van der Waals surface area contributed by atoms with E-state index in [0.717, 1.165) is 120 Å². The molecule has 0 fully saturated rings. The van der Waals surface area contributed by atoms with Crippen LogP contribution in [0.5, 0.6) is 0 Å². The van der Waals surface area contributed by atoms with Gasteiger partial charge >= 0.3 is 39.5 Å². The van der Waals surface area contributed by atoms with Gasteiger partial charge in [-0.1, -0.05) is 280 Å². The Morgan fingerprint density at radius 1 is 0.322 bits per heavy atom. The molecule has 19 heteroatoms. The summed E-state index contributed by atoms with van der Waals surface area (Å²) >= 11 is 0. The van der Waals surface area contributed by atoms with Gasteiger partial charge < -0.3 is 33.8 Å². The molecule has 0 aromatic carbocycles. The van der Waals surface area contributed by atoms with Crippen molar-refractivity contribution in [2.24, 2.45) is 23.7 Å². The zero-order chi connectivity index (χ0) is 64.7. The summed E-state index contributed by atoms with van der Waals surface area (Å²) < 4.78 is 68.2. The first-order chi connectivity index (χ1) is 41.7. The first-order valence-corrected chi connectivity index (χ1v) is 38.3. The van der Waals surface area contributed by atoms with Gasteiger partial charge in [-0.25, -0.2) is 9.13 Å². The molecule has 7 atom stereocenters. The Kier molecular flexibility index (Phi) is 56.6. The zero-order valence-electron chi connectivity index (χ0n) is 56.6. The fourth-order valence-corrected chi connectivity index (χ4v) is 11.7. The Balaban J connectivity index is 5.24. The van der Waals surface area contributed by atoms with E-state index in [-0.39, 0.29) is 25.7 Å². The average molecular weight is 1280 g/mol. The third-order valence-corrected chi connectivity index (χ3v) is 18.2. The summed E-state index contributed by atoms with van der Waals surface area (Å²) in [7, 11) is -9.90. The molecular formula is C68H132O17P2. The molecule has 3 N–H and O–H groups in total. The molecule has 87 heavy (non-hydrogen) atoms. The summed E-state index contributed by atoms with van der Waals surface area (Å²) in [6.45, 7) is 14.0. The van der Waals surface area contributed by atoms with Crippen molar-refractivity contribution in [2.75, 3.05) is 39.6 Å². The standard InChI is InChI=1S/C68H132O17P2/c1-9-60(7)46-38-30-21-18-19-23-35-43-51-68(73)85-63(54-78-65(70)48-40-32-26-24-29-37-45-59(5)6)56-82-86(74,75)80-52-62(69)53-81-87(76,77)83-57-64(55-79-66(71)49-41-33-27-25-31-39-47-61(8)10-2)84-67(72)50-42-34-22-17-15-13-11-12-14-16-20-28-36-44-58(3)4/h58-64,69H,9-57H2,1-8H3,(H,74,75)(H,76,77)/t60?,61?,62-,63-,64-/m1/s1. The number of unbranched alkanes of at least 4 members (excludes halogenated alkanes) is 29. The Labute approximate surface area is 530 Å². The van der Waals surface area contributed by atoms with E-state index in [2.05, 4.69) is 55.4 Å². The minimum Gasteiger partial charge on any atom is -0.462 e. The van der Waals surface area contributed by atoms with Crippen molar-refractivity contribution in [2.45, 2.75) is 350 Å². The minimum atomic E-state index is -4.95. The second-order valence-corrected chi connectivity index (χ2v) is 28.9. The number of hydrogen-bond acceptors (Lipinski definition) is 15. The Bertz CT molecular complexity index is 1730. The van der Waals surface area contributed by atoms with E-state index in [1.807, 2.05) is 0 Å². The van der Waals surface area contributed by atoms with E-state index in [1.54, 1.807) is 0 Å². The van der Waals surface area contributed by atoms with Gasteiger partial charge in [0.25, 0.3) is 0 Å². The predicted molar refractivity (Wildman–Crippen MR) is 349 cm³/mol. The van der Waals surface area contributed by atoms with Gasteiger partial charge in [-0.15, -0.1) is 0 Å². The van der Waals surface area contributed by atoms with Crippen LogP contribution in [0, 0.1) is 23.7 Å². The second-order valence-electron chi connectivity index (χ2n) is 26.0. The van der Waals surface area contributed by atoms with Crippen molar-refractivity contribution < 1.29 is 80.2 Å². The average Bonchev–Trinajstić information content (AvgIpc) is 3.52. The Hall–Kier alpha value is -1.94. The molecule has 0 amide bonds. The van der Waals surface area contributed by atoms with Gasteiger partial charge in [0, 0.05) is 25.7 Å². The van der Waals surface area contributed by atoms with Gasteiger partial charge in [0.05, 0.1) is 26.4 Å². The summed E-state index contributed by atoms with van der Waals surface area (Å²) in [5, 5.41) is 10.6. The summed E-state index contributed by atoms with van der Waals surface area (Å²) in [5.41, 5.74) is 0. The Morgan fingerprint density at radius 3 is 0.816 bits per heavy atom. The van der Waals surface area contributed by atoms with Crippen LogP contribution in [0.2, 0.25) is 0 Å². The summed E-state index contributed by atoms with van der Waals surface area (Å²) in [6.07, 6.45) is 39.1. The van der Waals surface area contributed by atoms with Gasteiger partial charge in [-0.2, -0.15) is 0 Å². The highest BCUT2D eigenvalue weighted by atomic mass is 31.2. The fraction of sp³-hybridized carbons (Fsp3) is 0.941. The van der Waals surface area contributed by atoms with E-state index in [9.17, 15) is 43.2 Å². The van der Waals surface area contributed by atoms with Crippen molar-refractivity contribution in [3.8, 4) is 0 Å². The highest BCUT2D eigenvalue weighted by Gasteiger charge is 2.30. The smallest absolute Gasteiger partial charge is 0.462 e. The first kappa shape index (κ1) is 85.1. The maximum Gasteiger partial charge on any atom is 0.472 e. The van der Waals surface area contributed by atoms with E-state index in [1.165, 1.54) is 122 Å². The second kappa shape index (κ2) is 57.9. The molecule has 0 aromatic rings. The molecule has 17 nitrogen and oxygen atoms in total. The van der Waals surface area contributed by atoms with Gasteiger partial charge in [-0.05, 0) is 49.4 Å². The number of ether oxygens (including phenoxy) is 4. The molecule has 0 saturated heterocycles. The molecule has 0 heterocycles. The number of hydrogen-bond donors (Lipinski definition) is 3. The molecule has 0 aromatic heterocycles. The van der Waals surface area contributed by atoms with Crippen molar-refractivity contribution in [1.29, 1.82) is 0 Å². The number of esters is 4. The van der Waals surface area contributed by atoms with Crippen molar-refractivity contribution in [3.05, 3.63) is 0 Å². The van der Waals surface area contributed by atoms with Gasteiger partial charge in [-0.3, -0.25) is 37.3 Å². The molecule has 0 aliphatic heterocycles. The summed E-state index contributed by atoms with van der Waals surface area (Å²) in [6, 6.07) is 0. The number of phosphoric ester groups is 2. The lowest BCUT2D eigenvalue weighted by atomic mass is 9.99. The van der Waals surface area contributed by atoms with Crippen LogP contribution in [-0.2, 0) is 65.4 Å². The van der Waals surface area contributed by atoms with E-state index in [0.29, 0.717) is 31.6 Å². The zero-order valence-corrected chi connectivity index (χ0v) is 58.4. The van der Waals surface area contributed by atoms with Gasteiger partial charge in [0.15, 0.2) is 12.2 Å². The molecule has 4 unspecified atom stereocenters. The molecule has 0 aliphatic carbocycles. The number of rotatable bonds is 65. The van der Waals surface area contributed by atoms with Crippen LogP contribution in [0.1, 0.15) is 331 Å². The lowest BCUT2D eigenvalue weighted by Crippen LogP contribution is -2.30. The molecule has 516 valence electrons. The Morgan fingerprint density at radius 2 is 0.552 bits per heavy atom. The highest BCUT2D eigenvalue weighted by Crippen LogP contribution is 2.45. The quantitative estimate of drug-likeness (QED) is 0.0222. The molecular weight excluding hydrogens is 1150 g/mol. The largest absolute Gasteiger partial charge is 0.472 e. The molecule has 0 saturated carbocycles. The summed E-state index contributed by atoms with van der Waals surface area (Å²) in [5.74, 6) is 0.830. The summed E-state index contributed by atoms with van der Waals surface area (Å²) in [4.78, 5) is 72.4. The molecule has 0 radical (unpaired) electrons. The lowest BCUT2D eigenvalue weighted by Gasteiger charge is -2.21. The van der Waals surface area contributed by atoms with Gasteiger partial charge in [0.2, 0.25) is 0 Å². The SMILES string of the molecule is CCC(C)CCCCCCCCCCC(=O)O[C@H](COC(=O)CCCCCCCCC(C)C)COP(=O)(O)OC[C@@H](O)COP(=O)(O)OC[C@@H](COC(=O)CCCCCCCCC(C)CC)OC(=O)CCCCCCCCCCCCCCCC(C)C. The van der Waals surface area contributed by atoms with E-state index in [4.69, 9.17) is 37.0 Å². The number of aliphatic hydroxyl groups is 1. The van der Waals surface area contributed by atoms with Crippen LogP contribution in [0.25, 0.3) is 0 Å². The topological polar surface area (TPSA) is 237 Å². The molecule has 0 bridgehead atoms. The maximum atomic E-state index is 13.0. The van der Waals surface area contributed by atoms with Crippen molar-refractivity contribution >= 4 is 39.5 Å². The van der Waals surface area contributed by atoms with Gasteiger partial charge in [0.1, 0.15) is 19.3 Å². The molecule has 0 aliphatic rings. The number of phosphoric acid groups is 2. The third-order valence-electron chi connectivity index (χ3n) is 16.3. The van der Waals surface area contributed by atoms with Crippen LogP contribution in [-0.4, -0.2) is 96.7 Å². The lowest BCUT2D eigenvalue weighted by molar-refractivity contribution is -0.161. The highest BCUT2D eigenvalue weighted by molar-refractivity contribution is 7.47. The van der Waals surface area contributed by atoms with Crippen molar-refractivity contribution in [1.82, 2.24) is 0 Å². The number of carbonyl (C=O) groups is 4.